The third kappa shape index (κ3) is 3.25. The number of rotatable bonds is 3. The average Bonchev–Trinajstić information content (AvgIpc) is 2.85. The van der Waals surface area contributed by atoms with Crippen LogP contribution < -0.4 is 9.80 Å². The molecular formula is C22H21FN2O2. The highest BCUT2D eigenvalue weighted by atomic mass is 19.1. The molecule has 2 aromatic rings. The molecule has 138 valence electrons. The van der Waals surface area contributed by atoms with Crippen LogP contribution in [0, 0.1) is 5.82 Å². The summed E-state index contributed by atoms with van der Waals surface area (Å²) in [5, 5.41) is 0. The van der Waals surface area contributed by atoms with E-state index in [9.17, 15) is 14.0 Å². The van der Waals surface area contributed by atoms with E-state index in [1.165, 1.54) is 17.0 Å². The molecule has 2 aliphatic rings. The van der Waals surface area contributed by atoms with E-state index in [2.05, 4.69) is 0 Å². The number of amides is 2. The van der Waals surface area contributed by atoms with E-state index in [0.717, 1.165) is 25.7 Å². The predicted octanol–water partition coefficient (Wildman–Crippen LogP) is 4.07. The second kappa shape index (κ2) is 7.35. The fraction of sp³-hybridized carbons (Fsp3) is 0.273. The van der Waals surface area contributed by atoms with E-state index < -0.39 is 0 Å². The van der Waals surface area contributed by atoms with Crippen LogP contribution >= 0.6 is 0 Å². The molecule has 0 radical (unpaired) electrons. The van der Waals surface area contributed by atoms with Crippen molar-refractivity contribution >= 4 is 23.2 Å². The number of anilines is 2. The van der Waals surface area contributed by atoms with Crippen LogP contribution in [0.5, 0.6) is 0 Å². The molecule has 4 nitrogen and oxygen atoms in total. The first kappa shape index (κ1) is 17.5. The standard InChI is InChI=1S/C22H21FN2O2/c23-18-11-6-7-13-20(18)24-14-8-2-5-12-19(24)17-15-21(26)25(22(17)27)16-9-3-1-4-10-16/h1,3-4,6-7,9-11,13,15,19H,2,5,8,12,14H2. The number of hydrogen-bond acceptors (Lipinski definition) is 3. The van der Waals surface area contributed by atoms with Gasteiger partial charge in [-0.2, -0.15) is 0 Å². The number of para-hydroxylation sites is 2. The van der Waals surface area contributed by atoms with Crippen LogP contribution in [0.25, 0.3) is 0 Å². The molecule has 0 aromatic heterocycles. The summed E-state index contributed by atoms with van der Waals surface area (Å²) in [6.07, 6.45) is 5.06. The molecule has 0 spiro atoms. The molecule has 2 amide bonds. The molecule has 1 saturated heterocycles. The minimum absolute atomic E-state index is 0.297. The molecule has 1 unspecified atom stereocenters. The van der Waals surface area contributed by atoms with Gasteiger partial charge in [-0.1, -0.05) is 43.2 Å². The van der Waals surface area contributed by atoms with Gasteiger partial charge in [0.15, 0.2) is 0 Å². The summed E-state index contributed by atoms with van der Waals surface area (Å²) < 4.78 is 14.5. The minimum Gasteiger partial charge on any atom is -0.362 e. The van der Waals surface area contributed by atoms with Gasteiger partial charge in [0.05, 0.1) is 17.4 Å². The first-order valence-electron chi connectivity index (χ1n) is 9.33. The summed E-state index contributed by atoms with van der Waals surface area (Å²) in [6.45, 7) is 0.662. The van der Waals surface area contributed by atoms with Gasteiger partial charge in [-0.25, -0.2) is 9.29 Å². The van der Waals surface area contributed by atoms with Gasteiger partial charge in [-0.15, -0.1) is 0 Å². The van der Waals surface area contributed by atoms with Crippen LogP contribution in [-0.2, 0) is 9.59 Å². The largest absolute Gasteiger partial charge is 0.362 e. The number of carbonyl (C=O) groups is 2. The van der Waals surface area contributed by atoms with Crippen molar-refractivity contribution in [1.29, 1.82) is 0 Å². The lowest BCUT2D eigenvalue weighted by atomic mass is 10.00. The Morgan fingerprint density at radius 1 is 0.889 bits per heavy atom. The van der Waals surface area contributed by atoms with Crippen LogP contribution in [0.15, 0.2) is 66.2 Å². The molecule has 4 rings (SSSR count). The Balaban J connectivity index is 1.69. The Labute approximate surface area is 157 Å². The fourth-order valence-corrected chi connectivity index (χ4v) is 3.95. The first-order valence-corrected chi connectivity index (χ1v) is 9.33. The van der Waals surface area contributed by atoms with Crippen LogP contribution in [0.3, 0.4) is 0 Å². The van der Waals surface area contributed by atoms with E-state index in [-0.39, 0.29) is 23.7 Å². The highest BCUT2D eigenvalue weighted by Crippen LogP contribution is 2.33. The van der Waals surface area contributed by atoms with E-state index in [1.54, 1.807) is 42.5 Å². The molecular weight excluding hydrogens is 343 g/mol. The number of hydrogen-bond donors (Lipinski definition) is 0. The molecule has 2 aliphatic heterocycles. The Hall–Kier alpha value is -2.95. The van der Waals surface area contributed by atoms with Crippen LogP contribution in [0.4, 0.5) is 15.8 Å². The first-order chi connectivity index (χ1) is 13.2. The van der Waals surface area contributed by atoms with Gasteiger partial charge in [0.1, 0.15) is 5.82 Å². The molecule has 0 bridgehead atoms. The Morgan fingerprint density at radius 3 is 2.41 bits per heavy atom. The Bertz CT molecular complexity index is 894. The topological polar surface area (TPSA) is 40.6 Å². The highest BCUT2D eigenvalue weighted by Gasteiger charge is 2.39. The number of carbonyl (C=O) groups excluding carboxylic acids is 2. The zero-order valence-electron chi connectivity index (χ0n) is 15.0. The van der Waals surface area contributed by atoms with Crippen LogP contribution in [0.2, 0.25) is 0 Å². The molecule has 0 aliphatic carbocycles. The third-order valence-electron chi connectivity index (χ3n) is 5.24. The smallest absolute Gasteiger partial charge is 0.263 e. The van der Waals surface area contributed by atoms with Gasteiger partial charge in [0, 0.05) is 18.2 Å². The molecule has 1 fully saturated rings. The number of benzene rings is 2. The monoisotopic (exact) mass is 364 g/mol. The van der Waals surface area contributed by atoms with Gasteiger partial charge in [-0.05, 0) is 37.1 Å². The molecule has 1 atom stereocenters. The van der Waals surface area contributed by atoms with Crippen LogP contribution in [0.1, 0.15) is 25.7 Å². The summed E-state index contributed by atoms with van der Waals surface area (Å²) >= 11 is 0. The van der Waals surface area contributed by atoms with E-state index in [1.807, 2.05) is 11.0 Å². The summed E-state index contributed by atoms with van der Waals surface area (Å²) in [7, 11) is 0. The molecule has 2 aromatic carbocycles. The Kier molecular flexibility index (Phi) is 4.75. The maximum absolute atomic E-state index is 14.5. The lowest BCUT2D eigenvalue weighted by molar-refractivity contribution is -0.120. The second-order valence-corrected chi connectivity index (χ2v) is 6.92. The van der Waals surface area contributed by atoms with Crippen LogP contribution in [-0.4, -0.2) is 24.4 Å². The number of halogens is 1. The summed E-state index contributed by atoms with van der Waals surface area (Å²) in [4.78, 5) is 28.8. The summed E-state index contributed by atoms with van der Waals surface area (Å²) in [5.41, 5.74) is 1.50. The van der Waals surface area contributed by atoms with Crippen molar-refractivity contribution < 1.29 is 14.0 Å². The zero-order chi connectivity index (χ0) is 18.8. The zero-order valence-corrected chi connectivity index (χ0v) is 15.0. The van der Waals surface area contributed by atoms with Gasteiger partial charge in [0.25, 0.3) is 11.8 Å². The quantitative estimate of drug-likeness (QED) is 0.771. The van der Waals surface area contributed by atoms with Crippen molar-refractivity contribution in [1.82, 2.24) is 0 Å². The average molecular weight is 364 g/mol. The fourth-order valence-electron chi connectivity index (χ4n) is 3.95. The van der Waals surface area contributed by atoms with Crippen molar-refractivity contribution in [2.75, 3.05) is 16.3 Å². The number of imide groups is 1. The number of nitrogens with zero attached hydrogens (tertiary/aromatic N) is 2. The molecule has 5 heteroatoms. The Morgan fingerprint density at radius 2 is 1.63 bits per heavy atom. The molecule has 0 N–H and O–H groups in total. The van der Waals surface area contributed by atoms with Crippen molar-refractivity contribution in [2.24, 2.45) is 0 Å². The van der Waals surface area contributed by atoms with Gasteiger partial charge in [0.2, 0.25) is 0 Å². The van der Waals surface area contributed by atoms with E-state index in [0.29, 0.717) is 23.5 Å². The van der Waals surface area contributed by atoms with Crippen molar-refractivity contribution in [3.8, 4) is 0 Å². The SMILES string of the molecule is O=C1C=C(C2CCCCCN2c2ccccc2F)C(=O)N1c1ccccc1. The van der Waals surface area contributed by atoms with Crippen molar-refractivity contribution in [3.05, 3.63) is 72.1 Å². The third-order valence-corrected chi connectivity index (χ3v) is 5.24. The predicted molar refractivity (Wildman–Crippen MR) is 103 cm³/mol. The van der Waals surface area contributed by atoms with Gasteiger partial charge < -0.3 is 4.90 Å². The van der Waals surface area contributed by atoms with Gasteiger partial charge in [-0.3, -0.25) is 9.59 Å². The van der Waals surface area contributed by atoms with Crippen molar-refractivity contribution in [3.63, 3.8) is 0 Å². The lowest BCUT2D eigenvalue weighted by Crippen LogP contribution is -2.41. The lowest BCUT2D eigenvalue weighted by Gasteiger charge is -2.33. The molecule has 2 heterocycles. The maximum Gasteiger partial charge on any atom is 0.263 e. The molecule has 27 heavy (non-hydrogen) atoms. The maximum atomic E-state index is 14.5. The second-order valence-electron chi connectivity index (χ2n) is 6.92. The minimum atomic E-state index is -0.334. The summed E-state index contributed by atoms with van der Waals surface area (Å²) in [5.74, 6) is -0.944. The van der Waals surface area contributed by atoms with E-state index >= 15 is 0 Å². The van der Waals surface area contributed by atoms with E-state index in [4.69, 9.17) is 0 Å². The molecule has 0 saturated carbocycles. The summed E-state index contributed by atoms with van der Waals surface area (Å²) in [6, 6.07) is 15.3. The highest BCUT2D eigenvalue weighted by molar-refractivity contribution is 6.31. The normalized spacial score (nSPS) is 20.6. The van der Waals surface area contributed by atoms with Crippen molar-refractivity contribution in [2.45, 2.75) is 31.7 Å². The van der Waals surface area contributed by atoms with Gasteiger partial charge >= 0.3 is 0 Å².